The molecule has 1 aliphatic heterocycles. The Morgan fingerprint density at radius 3 is 2.38 bits per heavy atom. The molecule has 1 aliphatic rings. The van der Waals surface area contributed by atoms with Gasteiger partial charge in [0.05, 0.1) is 6.61 Å². The maximum atomic E-state index is 9.66. The predicted octanol–water partition coefficient (Wildman–Crippen LogP) is 1.90. The Hall–Kier alpha value is -0.120. The number of aliphatic hydroxyl groups excluding tert-OH is 1. The molecule has 0 atom stereocenters. The SMILES string of the molecule is CCCN(CC1(CO)CCOCC1)C(C)C. The van der Waals surface area contributed by atoms with E-state index in [1.807, 2.05) is 0 Å². The summed E-state index contributed by atoms with van der Waals surface area (Å²) in [6.07, 6.45) is 3.17. The maximum absolute atomic E-state index is 9.66. The third-order valence-corrected chi connectivity index (χ3v) is 3.67. The molecule has 0 amide bonds. The zero-order valence-electron chi connectivity index (χ0n) is 11.0. The largest absolute Gasteiger partial charge is 0.396 e. The molecule has 1 N–H and O–H groups in total. The Labute approximate surface area is 99.8 Å². The van der Waals surface area contributed by atoms with E-state index in [0.29, 0.717) is 12.6 Å². The normalized spacial score (nSPS) is 20.6. The summed E-state index contributed by atoms with van der Waals surface area (Å²) in [5.74, 6) is 0. The van der Waals surface area contributed by atoms with Gasteiger partial charge in [0.2, 0.25) is 0 Å². The third kappa shape index (κ3) is 3.72. The van der Waals surface area contributed by atoms with E-state index in [1.54, 1.807) is 0 Å². The Bertz CT molecular complexity index is 188. The molecule has 3 nitrogen and oxygen atoms in total. The molecule has 1 fully saturated rings. The lowest BCUT2D eigenvalue weighted by Crippen LogP contribution is -2.46. The van der Waals surface area contributed by atoms with Crippen molar-refractivity contribution >= 4 is 0 Å². The van der Waals surface area contributed by atoms with E-state index in [-0.39, 0.29) is 5.41 Å². The van der Waals surface area contributed by atoms with Crippen LogP contribution in [0.15, 0.2) is 0 Å². The minimum absolute atomic E-state index is 0.0810. The quantitative estimate of drug-likeness (QED) is 0.755. The van der Waals surface area contributed by atoms with Gasteiger partial charge in [0.1, 0.15) is 0 Å². The van der Waals surface area contributed by atoms with Gasteiger partial charge < -0.3 is 14.7 Å². The molecular formula is C13H27NO2. The highest BCUT2D eigenvalue weighted by Crippen LogP contribution is 2.31. The topological polar surface area (TPSA) is 32.7 Å². The van der Waals surface area contributed by atoms with E-state index in [4.69, 9.17) is 4.74 Å². The van der Waals surface area contributed by atoms with E-state index in [0.717, 1.165) is 39.1 Å². The van der Waals surface area contributed by atoms with Crippen molar-refractivity contribution in [2.75, 3.05) is 32.9 Å². The highest BCUT2D eigenvalue weighted by Gasteiger charge is 2.34. The van der Waals surface area contributed by atoms with E-state index in [1.165, 1.54) is 6.42 Å². The van der Waals surface area contributed by atoms with Gasteiger partial charge >= 0.3 is 0 Å². The Morgan fingerprint density at radius 1 is 1.31 bits per heavy atom. The number of nitrogens with zero attached hydrogens (tertiary/aromatic N) is 1. The minimum atomic E-state index is 0.0810. The van der Waals surface area contributed by atoms with Crippen LogP contribution in [0.3, 0.4) is 0 Å². The molecule has 96 valence electrons. The van der Waals surface area contributed by atoms with Crippen molar-refractivity contribution in [3.63, 3.8) is 0 Å². The van der Waals surface area contributed by atoms with Crippen molar-refractivity contribution in [1.82, 2.24) is 4.90 Å². The zero-order valence-corrected chi connectivity index (χ0v) is 11.0. The van der Waals surface area contributed by atoms with Gasteiger partial charge in [-0.05, 0) is 39.7 Å². The van der Waals surface area contributed by atoms with Crippen LogP contribution in [0.5, 0.6) is 0 Å². The molecule has 0 bridgehead atoms. The average molecular weight is 229 g/mol. The highest BCUT2D eigenvalue weighted by atomic mass is 16.5. The summed E-state index contributed by atoms with van der Waals surface area (Å²) in [7, 11) is 0. The fourth-order valence-corrected chi connectivity index (χ4v) is 2.41. The highest BCUT2D eigenvalue weighted by molar-refractivity contribution is 4.85. The summed E-state index contributed by atoms with van der Waals surface area (Å²) >= 11 is 0. The summed E-state index contributed by atoms with van der Waals surface area (Å²) in [6, 6.07) is 0.561. The molecule has 0 aliphatic carbocycles. The van der Waals surface area contributed by atoms with Crippen molar-refractivity contribution < 1.29 is 9.84 Å². The predicted molar refractivity (Wildman–Crippen MR) is 66.6 cm³/mol. The lowest BCUT2D eigenvalue weighted by atomic mass is 9.80. The lowest BCUT2D eigenvalue weighted by molar-refractivity contribution is -0.0386. The molecule has 0 aromatic rings. The molecular weight excluding hydrogens is 202 g/mol. The molecule has 0 aromatic heterocycles. The van der Waals surface area contributed by atoms with Gasteiger partial charge in [-0.1, -0.05) is 6.92 Å². The number of aliphatic hydroxyl groups is 1. The zero-order chi connectivity index (χ0) is 12.0. The van der Waals surface area contributed by atoms with Crippen molar-refractivity contribution in [3.8, 4) is 0 Å². The van der Waals surface area contributed by atoms with Gasteiger partial charge in [0.15, 0.2) is 0 Å². The van der Waals surface area contributed by atoms with Gasteiger partial charge in [-0.25, -0.2) is 0 Å². The van der Waals surface area contributed by atoms with Crippen LogP contribution in [-0.2, 0) is 4.74 Å². The molecule has 1 saturated heterocycles. The molecule has 1 rings (SSSR count). The van der Waals surface area contributed by atoms with Crippen molar-refractivity contribution in [2.45, 2.75) is 46.1 Å². The first kappa shape index (κ1) is 13.9. The summed E-state index contributed by atoms with van der Waals surface area (Å²) in [5, 5.41) is 9.66. The summed E-state index contributed by atoms with van der Waals surface area (Å²) in [4.78, 5) is 2.49. The van der Waals surface area contributed by atoms with Gasteiger partial charge in [0, 0.05) is 31.2 Å². The summed E-state index contributed by atoms with van der Waals surface area (Å²) < 4.78 is 5.40. The maximum Gasteiger partial charge on any atom is 0.0501 e. The number of hydrogen-bond acceptors (Lipinski definition) is 3. The number of hydrogen-bond donors (Lipinski definition) is 1. The number of ether oxygens (including phenoxy) is 1. The van der Waals surface area contributed by atoms with Crippen LogP contribution >= 0.6 is 0 Å². The molecule has 0 radical (unpaired) electrons. The second-order valence-corrected chi connectivity index (χ2v) is 5.33. The fraction of sp³-hybridized carbons (Fsp3) is 1.00. The van der Waals surface area contributed by atoms with E-state index in [9.17, 15) is 5.11 Å². The van der Waals surface area contributed by atoms with Crippen LogP contribution in [0.1, 0.15) is 40.0 Å². The van der Waals surface area contributed by atoms with Gasteiger partial charge in [-0.3, -0.25) is 0 Å². The first-order valence-electron chi connectivity index (χ1n) is 6.56. The monoisotopic (exact) mass is 229 g/mol. The molecule has 3 heteroatoms. The molecule has 0 saturated carbocycles. The smallest absolute Gasteiger partial charge is 0.0501 e. The second-order valence-electron chi connectivity index (χ2n) is 5.33. The number of rotatable bonds is 6. The van der Waals surface area contributed by atoms with Gasteiger partial charge in [-0.2, -0.15) is 0 Å². The fourth-order valence-electron chi connectivity index (χ4n) is 2.41. The van der Waals surface area contributed by atoms with Crippen molar-refractivity contribution in [2.24, 2.45) is 5.41 Å². The molecule has 1 heterocycles. The van der Waals surface area contributed by atoms with Crippen LogP contribution < -0.4 is 0 Å². The van der Waals surface area contributed by atoms with Crippen LogP contribution in [0.25, 0.3) is 0 Å². The van der Waals surface area contributed by atoms with Crippen LogP contribution in [0.2, 0.25) is 0 Å². The third-order valence-electron chi connectivity index (χ3n) is 3.67. The van der Waals surface area contributed by atoms with Crippen LogP contribution in [0.4, 0.5) is 0 Å². The summed E-state index contributed by atoms with van der Waals surface area (Å²) in [6.45, 7) is 10.7. The first-order valence-corrected chi connectivity index (χ1v) is 6.56. The minimum Gasteiger partial charge on any atom is -0.396 e. The standard InChI is InChI=1S/C13H27NO2/c1-4-7-14(12(2)3)10-13(11-15)5-8-16-9-6-13/h12,15H,4-11H2,1-3H3. The first-order chi connectivity index (χ1) is 7.63. The van der Waals surface area contributed by atoms with Gasteiger partial charge in [-0.15, -0.1) is 0 Å². The van der Waals surface area contributed by atoms with Crippen molar-refractivity contribution in [1.29, 1.82) is 0 Å². The van der Waals surface area contributed by atoms with Gasteiger partial charge in [0.25, 0.3) is 0 Å². The lowest BCUT2D eigenvalue weighted by Gasteiger charge is -2.41. The second kappa shape index (κ2) is 6.58. The van der Waals surface area contributed by atoms with E-state index in [2.05, 4.69) is 25.7 Å². The molecule has 0 aromatic carbocycles. The molecule has 0 spiro atoms. The Balaban J connectivity index is 2.57. The summed E-state index contributed by atoms with van der Waals surface area (Å²) in [5.41, 5.74) is 0.0810. The van der Waals surface area contributed by atoms with E-state index >= 15 is 0 Å². The Morgan fingerprint density at radius 2 is 1.94 bits per heavy atom. The average Bonchev–Trinajstić information content (AvgIpc) is 2.29. The van der Waals surface area contributed by atoms with Crippen LogP contribution in [0, 0.1) is 5.41 Å². The van der Waals surface area contributed by atoms with Crippen LogP contribution in [-0.4, -0.2) is 49.0 Å². The molecule has 16 heavy (non-hydrogen) atoms. The Kier molecular flexibility index (Phi) is 5.73. The van der Waals surface area contributed by atoms with E-state index < -0.39 is 0 Å². The van der Waals surface area contributed by atoms with Crippen molar-refractivity contribution in [3.05, 3.63) is 0 Å². The molecule has 0 unspecified atom stereocenters.